The summed E-state index contributed by atoms with van der Waals surface area (Å²) in [5.74, 6) is -3.14. The number of aliphatic hydroxyl groups is 1. The second kappa shape index (κ2) is 15.3. The molecule has 0 bridgehead atoms. The number of carbonyl (C=O) groups is 5. The average Bonchev–Trinajstić information content (AvgIpc) is 3.77. The Kier molecular flexibility index (Phi) is 11.2. The van der Waals surface area contributed by atoms with Crippen LogP contribution >= 0.6 is 0 Å². The zero-order valence-electron chi connectivity index (χ0n) is 28.4. The van der Waals surface area contributed by atoms with Gasteiger partial charge in [-0.2, -0.15) is 5.26 Å². The van der Waals surface area contributed by atoms with Crippen molar-refractivity contribution in [3.05, 3.63) is 41.7 Å². The Labute approximate surface area is 290 Å². The molecule has 2 aliphatic heterocycles. The van der Waals surface area contributed by atoms with Crippen LogP contribution in [0.2, 0.25) is 0 Å². The standard InChI is InChI=1S/C34H45N9O7/c1-33(2,49)27-19-37-41-43(27)24-17-26(30(46)40-34(28(44)29(36)45)12-14-50-15-13-34)42(20-24)31(47)25(16-21-6-4-3-5-7-21)39-32(48)38-23-10-8-22(18-35)9-11-23/h8-11,19,21,24-26,49H,3-7,12-17,20H2,1-2H3,(H2,36,45)(H,40,46)(H2,38,39,48)/t24-,25?,26-/m0/s1. The molecule has 5 amide bonds. The van der Waals surface area contributed by atoms with Gasteiger partial charge in [-0.1, -0.05) is 37.3 Å². The van der Waals surface area contributed by atoms with Crippen LogP contribution in [-0.2, 0) is 29.5 Å². The molecule has 268 valence electrons. The number of hydrogen-bond acceptors (Lipinski definition) is 10. The number of nitrogens with zero attached hydrogens (tertiary/aromatic N) is 5. The van der Waals surface area contributed by atoms with E-state index in [1.807, 2.05) is 6.07 Å². The average molecular weight is 692 g/mol. The van der Waals surface area contributed by atoms with Gasteiger partial charge in [-0.15, -0.1) is 5.10 Å². The third-order valence-electron chi connectivity index (χ3n) is 9.95. The Bertz CT molecular complexity index is 1620. The van der Waals surface area contributed by atoms with Gasteiger partial charge >= 0.3 is 6.03 Å². The van der Waals surface area contributed by atoms with E-state index in [1.54, 1.807) is 38.1 Å². The largest absolute Gasteiger partial charge is 0.384 e. The summed E-state index contributed by atoms with van der Waals surface area (Å²) in [7, 11) is 0. The summed E-state index contributed by atoms with van der Waals surface area (Å²) in [4.78, 5) is 68.7. The third kappa shape index (κ3) is 8.28. The number of amides is 5. The summed E-state index contributed by atoms with van der Waals surface area (Å²) in [5.41, 5.74) is 3.69. The van der Waals surface area contributed by atoms with Gasteiger partial charge in [0.05, 0.1) is 29.6 Å². The molecule has 0 radical (unpaired) electrons. The number of ether oxygens (including phenoxy) is 1. The first-order valence-corrected chi connectivity index (χ1v) is 17.1. The zero-order chi connectivity index (χ0) is 36.1. The highest BCUT2D eigenvalue weighted by Crippen LogP contribution is 2.34. The Morgan fingerprint density at radius 1 is 1.12 bits per heavy atom. The highest BCUT2D eigenvalue weighted by Gasteiger charge is 2.49. The summed E-state index contributed by atoms with van der Waals surface area (Å²) in [6.07, 6.45) is 6.75. The Morgan fingerprint density at radius 3 is 2.42 bits per heavy atom. The number of nitrogens with two attached hydrogens (primary N) is 1. The van der Waals surface area contributed by atoms with Crippen LogP contribution in [0.25, 0.3) is 0 Å². The topological polar surface area (TPSA) is 235 Å². The van der Waals surface area contributed by atoms with Crippen molar-refractivity contribution in [3.63, 3.8) is 0 Å². The Hall–Kier alpha value is -4.88. The maximum atomic E-state index is 14.6. The number of nitriles is 1. The lowest BCUT2D eigenvalue weighted by Crippen LogP contribution is -2.64. The molecule has 1 aliphatic carbocycles. The predicted octanol–water partition coefficient (Wildman–Crippen LogP) is 1.40. The highest BCUT2D eigenvalue weighted by atomic mass is 16.5. The minimum Gasteiger partial charge on any atom is -0.384 e. The molecule has 1 unspecified atom stereocenters. The Balaban J connectivity index is 1.45. The third-order valence-corrected chi connectivity index (χ3v) is 9.95. The number of likely N-dealkylation sites (tertiary alicyclic amines) is 1. The summed E-state index contributed by atoms with van der Waals surface area (Å²) in [6, 6.07) is 4.94. The summed E-state index contributed by atoms with van der Waals surface area (Å²) >= 11 is 0. The van der Waals surface area contributed by atoms with Crippen molar-refractivity contribution in [2.24, 2.45) is 11.7 Å². The van der Waals surface area contributed by atoms with Gasteiger partial charge in [0.25, 0.3) is 5.91 Å². The first kappa shape index (κ1) is 36.4. The number of anilines is 1. The minimum absolute atomic E-state index is 0.0106. The van der Waals surface area contributed by atoms with Crippen LogP contribution in [-0.4, -0.2) is 91.9 Å². The number of primary amides is 1. The van der Waals surface area contributed by atoms with E-state index in [0.29, 0.717) is 23.4 Å². The fourth-order valence-corrected chi connectivity index (χ4v) is 7.25. The molecule has 3 heterocycles. The van der Waals surface area contributed by atoms with Crippen LogP contribution in [0.5, 0.6) is 0 Å². The van der Waals surface area contributed by atoms with Crippen molar-refractivity contribution in [3.8, 4) is 6.07 Å². The van der Waals surface area contributed by atoms with E-state index in [2.05, 4.69) is 26.3 Å². The number of hydrogen-bond donors (Lipinski definition) is 5. The van der Waals surface area contributed by atoms with E-state index in [9.17, 15) is 29.1 Å². The van der Waals surface area contributed by atoms with Gasteiger partial charge in [-0.25, -0.2) is 9.48 Å². The van der Waals surface area contributed by atoms with Crippen LogP contribution in [0.4, 0.5) is 10.5 Å². The molecule has 6 N–H and O–H groups in total. The molecular weight excluding hydrogens is 646 g/mol. The van der Waals surface area contributed by atoms with Crippen LogP contribution in [0.3, 0.4) is 0 Å². The first-order chi connectivity index (χ1) is 23.8. The van der Waals surface area contributed by atoms with Crippen LogP contribution < -0.4 is 21.7 Å². The minimum atomic E-state index is -1.60. The molecule has 3 atom stereocenters. The molecular formula is C34H45N9O7. The van der Waals surface area contributed by atoms with E-state index < -0.39 is 58.8 Å². The van der Waals surface area contributed by atoms with E-state index >= 15 is 0 Å². The molecule has 16 nitrogen and oxygen atoms in total. The molecule has 1 saturated carbocycles. The number of rotatable bonds is 11. The van der Waals surface area contributed by atoms with Crippen molar-refractivity contribution in [1.82, 2.24) is 30.5 Å². The predicted molar refractivity (Wildman–Crippen MR) is 178 cm³/mol. The number of carbonyl (C=O) groups excluding carboxylic acids is 5. The maximum absolute atomic E-state index is 14.6. The van der Waals surface area contributed by atoms with Crippen molar-refractivity contribution in [2.75, 3.05) is 25.1 Å². The van der Waals surface area contributed by atoms with E-state index in [1.165, 1.54) is 15.8 Å². The molecule has 2 saturated heterocycles. The summed E-state index contributed by atoms with van der Waals surface area (Å²) in [6.45, 7) is 3.37. The van der Waals surface area contributed by atoms with E-state index in [-0.39, 0.29) is 44.9 Å². The molecule has 3 fully saturated rings. The van der Waals surface area contributed by atoms with Gasteiger partial charge in [0.2, 0.25) is 17.6 Å². The molecule has 5 rings (SSSR count). The van der Waals surface area contributed by atoms with Crippen molar-refractivity contribution in [1.29, 1.82) is 5.26 Å². The fraction of sp³-hybridized carbons (Fsp3) is 0.588. The Morgan fingerprint density at radius 2 is 1.80 bits per heavy atom. The van der Waals surface area contributed by atoms with Gasteiger partial charge in [0.15, 0.2) is 0 Å². The molecule has 0 spiro atoms. The van der Waals surface area contributed by atoms with E-state index in [0.717, 1.165) is 32.1 Å². The molecule has 16 heteroatoms. The van der Waals surface area contributed by atoms with Crippen molar-refractivity contribution >= 4 is 35.2 Å². The number of aromatic nitrogens is 3. The molecule has 1 aromatic heterocycles. The normalized spacial score (nSPS) is 21.4. The van der Waals surface area contributed by atoms with Crippen molar-refractivity contribution in [2.45, 2.75) is 101 Å². The quantitative estimate of drug-likeness (QED) is 0.212. The lowest BCUT2D eigenvalue weighted by molar-refractivity contribution is -0.147. The van der Waals surface area contributed by atoms with Gasteiger partial charge in [0, 0.05) is 44.7 Å². The molecule has 1 aromatic carbocycles. The summed E-state index contributed by atoms with van der Waals surface area (Å²) < 4.78 is 6.90. The molecule has 2 aromatic rings. The van der Waals surface area contributed by atoms with Crippen LogP contribution in [0.15, 0.2) is 30.5 Å². The lowest BCUT2D eigenvalue weighted by atomic mass is 9.84. The first-order valence-electron chi connectivity index (χ1n) is 17.1. The van der Waals surface area contributed by atoms with Crippen LogP contribution in [0, 0.1) is 17.2 Å². The van der Waals surface area contributed by atoms with Gasteiger partial charge in [-0.05, 0) is 50.5 Å². The smallest absolute Gasteiger partial charge is 0.319 e. The SMILES string of the molecule is CC(C)(O)c1cnnn1[C@H]1C[C@@H](C(=O)NC2(C(=O)C(N)=O)CCOCC2)N(C(=O)C(CC2CCCCC2)NC(=O)Nc2ccc(C#N)cc2)C1. The number of nitrogens with one attached hydrogen (secondary N) is 3. The monoisotopic (exact) mass is 691 g/mol. The van der Waals surface area contributed by atoms with E-state index in [4.69, 9.17) is 15.7 Å². The number of urea groups is 1. The zero-order valence-corrected chi connectivity index (χ0v) is 28.4. The number of Topliss-reactive ketones (excluding diaryl/α,β-unsaturated/α-hetero) is 1. The second-order valence-corrected chi connectivity index (χ2v) is 14.0. The van der Waals surface area contributed by atoms with Gasteiger partial charge in [0.1, 0.15) is 23.2 Å². The van der Waals surface area contributed by atoms with Crippen molar-refractivity contribution < 1.29 is 33.8 Å². The van der Waals surface area contributed by atoms with Crippen LogP contribution in [0.1, 0.15) is 88.9 Å². The lowest BCUT2D eigenvalue weighted by Gasteiger charge is -2.37. The summed E-state index contributed by atoms with van der Waals surface area (Å²) in [5, 5.41) is 36.4. The molecule has 3 aliphatic rings. The highest BCUT2D eigenvalue weighted by molar-refractivity contribution is 6.39. The molecule has 50 heavy (non-hydrogen) atoms. The van der Waals surface area contributed by atoms with Gasteiger partial charge in [-0.3, -0.25) is 19.2 Å². The fourth-order valence-electron chi connectivity index (χ4n) is 7.25. The number of benzene rings is 1. The maximum Gasteiger partial charge on any atom is 0.319 e. The second-order valence-electron chi connectivity index (χ2n) is 14.0. The number of ketones is 1. The van der Waals surface area contributed by atoms with Gasteiger partial charge < -0.3 is 36.4 Å².